The molecule has 0 radical (unpaired) electrons. The predicted molar refractivity (Wildman–Crippen MR) is 228 cm³/mol. The first kappa shape index (κ1) is 45.9. The van der Waals surface area contributed by atoms with E-state index in [9.17, 15) is 34.8 Å². The summed E-state index contributed by atoms with van der Waals surface area (Å²) >= 11 is 0. The molecule has 5 bridgehead atoms. The third-order valence-electron chi connectivity index (χ3n) is 12.1. The number of hydrazone groups is 1. The van der Waals surface area contributed by atoms with Crippen molar-refractivity contribution >= 4 is 46.0 Å². The molecule has 2 aromatic rings. The number of aliphatic hydroxyl groups excluding tert-OH is 2. The first-order valence-corrected chi connectivity index (χ1v) is 20.3. The van der Waals surface area contributed by atoms with Gasteiger partial charge in [0.05, 0.1) is 58.7 Å². The average Bonchev–Trinajstić information content (AvgIpc) is 3.48. The molecule has 0 aromatic heterocycles. The van der Waals surface area contributed by atoms with Gasteiger partial charge in [-0.1, -0.05) is 45.9 Å². The number of amides is 1. The molecular weight excluding hydrogens is 775 g/mol. The van der Waals surface area contributed by atoms with Crippen molar-refractivity contribution in [2.24, 2.45) is 28.8 Å². The van der Waals surface area contributed by atoms with Crippen LogP contribution in [0.4, 0.5) is 11.4 Å². The number of rotatable bonds is 5. The fourth-order valence-corrected chi connectivity index (χ4v) is 8.25. The fraction of sp³-hybridized carbons (Fsp3) is 0.545. The second-order valence-corrected chi connectivity index (χ2v) is 16.4. The summed E-state index contributed by atoms with van der Waals surface area (Å²) in [6.07, 6.45) is 5.22. The monoisotopic (exact) mass is 835 g/mol. The zero-order valence-corrected chi connectivity index (χ0v) is 36.4. The maximum atomic E-state index is 14.6. The van der Waals surface area contributed by atoms with E-state index >= 15 is 0 Å². The molecule has 1 saturated heterocycles. The zero-order valence-electron chi connectivity index (χ0n) is 36.4. The second kappa shape index (κ2) is 18.6. The molecule has 1 amide bonds. The molecule has 0 aliphatic carbocycles. The molecule has 9 atom stereocenters. The lowest BCUT2D eigenvalue weighted by Crippen LogP contribution is -2.46. The van der Waals surface area contributed by atoms with Gasteiger partial charge in [0.25, 0.3) is 11.7 Å². The zero-order chi connectivity index (χ0) is 44.4. The van der Waals surface area contributed by atoms with Crippen LogP contribution < -0.4 is 15.4 Å². The predicted octanol–water partition coefficient (Wildman–Crippen LogP) is 4.67. The molecule has 6 N–H and O–H groups in total. The summed E-state index contributed by atoms with van der Waals surface area (Å²) in [7, 11) is 5.08. The molecule has 16 nitrogen and oxygen atoms in total. The fourth-order valence-electron chi connectivity index (χ4n) is 8.25. The molecule has 4 aliphatic heterocycles. The van der Waals surface area contributed by atoms with Gasteiger partial charge in [0.15, 0.2) is 0 Å². The van der Waals surface area contributed by atoms with Crippen LogP contribution in [-0.2, 0) is 23.8 Å². The number of piperazine rings is 1. The number of phenolic OH excluding ortho intramolecular Hbond substituents is 2. The van der Waals surface area contributed by atoms with Crippen molar-refractivity contribution in [1.29, 1.82) is 0 Å². The van der Waals surface area contributed by atoms with Gasteiger partial charge in [0.1, 0.15) is 23.4 Å². The number of aliphatic hydroxyl groups is 2. The van der Waals surface area contributed by atoms with Crippen LogP contribution in [0.5, 0.6) is 17.2 Å². The highest BCUT2D eigenvalue weighted by Crippen LogP contribution is 2.54. The molecule has 4 heterocycles. The first-order chi connectivity index (χ1) is 28.3. The first-order valence-electron chi connectivity index (χ1n) is 20.3. The Morgan fingerprint density at radius 3 is 2.28 bits per heavy atom. The molecule has 0 spiro atoms. The van der Waals surface area contributed by atoms with Crippen LogP contribution in [0.3, 0.4) is 0 Å². The molecule has 0 saturated carbocycles. The number of anilines is 2. The number of likely N-dealkylation sites (N-methyl/N-ethyl adjacent to an activating group) is 1. The number of phenols is 2. The molecule has 2 aromatic carbocycles. The third kappa shape index (κ3) is 8.97. The minimum Gasteiger partial charge on any atom is -0.507 e. The standard InChI is InChI=1S/C44H61N5O11/c1-22-13-12-14-23(2)43(56)47-35-29(21-46-49-18-16-48(10)17-19-49)38(53)31-32(39(35)54)34(45-9)25(4)41-33(31)42(55)44(8,60-41)58-20-15-30(57-11)24(3)40(59-28(7)50)27(6)37(52)26(5)36(22)51/h12-15,20-22,24,26-27,30,36-37,40,45,51-54H,16-19H2,1-11H3,(H,47,56)/b13-12+,20-15+,23-14-,46-21+/t22-,24+,26+,27+,30-,36-,37+,40+,44-/m0/s1. The Morgan fingerprint density at radius 1 is 1.00 bits per heavy atom. The molecule has 6 rings (SSSR count). The van der Waals surface area contributed by atoms with Crippen molar-refractivity contribution in [3.63, 3.8) is 0 Å². The van der Waals surface area contributed by atoms with Crippen LogP contribution >= 0.6 is 0 Å². The lowest BCUT2D eigenvalue weighted by molar-refractivity contribution is -0.160. The summed E-state index contributed by atoms with van der Waals surface area (Å²) in [5, 5.41) is 59.6. The number of allylic oxidation sites excluding steroid dienone is 2. The number of aromatic hydroxyl groups is 2. The van der Waals surface area contributed by atoms with Crippen LogP contribution in [0.1, 0.15) is 70.0 Å². The van der Waals surface area contributed by atoms with Crippen LogP contribution in [-0.4, -0.2) is 132 Å². The SMILES string of the molecule is CNc1c(C)c2c3c4c(O)c(/C=N/N5CCN(C)CC5)c(c(O)c14)NC(=O)/C(C)=C\C=C\[C@H](C)[C@H](O)[C@@H](C)[C@@H](O)[C@@H](C)[C@H](OC(C)=O)[C@H](C)[C@@H](OC)/C=C/O[C@@](C)(O2)C3=O. The van der Waals surface area contributed by atoms with E-state index in [-0.39, 0.29) is 38.9 Å². The number of hydrogen-bond acceptors (Lipinski definition) is 15. The molecule has 16 heteroatoms. The summed E-state index contributed by atoms with van der Waals surface area (Å²) < 4.78 is 23.9. The number of Topliss-reactive ketones (excluding diaryl/α,β-unsaturated/α-hetero) is 1. The quantitative estimate of drug-likeness (QED) is 0.105. The van der Waals surface area contributed by atoms with Crippen molar-refractivity contribution in [3.05, 3.63) is 52.8 Å². The molecule has 4 aliphatic rings. The van der Waals surface area contributed by atoms with Crippen LogP contribution in [0, 0.1) is 30.6 Å². The van der Waals surface area contributed by atoms with E-state index in [1.54, 1.807) is 72.9 Å². The highest BCUT2D eigenvalue weighted by atomic mass is 16.7. The number of ether oxygens (including phenoxy) is 4. The van der Waals surface area contributed by atoms with Gasteiger partial charge < -0.3 is 54.9 Å². The Hall–Kier alpha value is -5.16. The third-order valence-corrected chi connectivity index (χ3v) is 12.1. The summed E-state index contributed by atoms with van der Waals surface area (Å²) in [5.41, 5.74) is 0.745. The molecule has 328 valence electrons. The summed E-state index contributed by atoms with van der Waals surface area (Å²) in [6.45, 7) is 15.6. The van der Waals surface area contributed by atoms with Crippen LogP contribution in [0.25, 0.3) is 10.8 Å². The Kier molecular flexibility index (Phi) is 14.3. The topological polar surface area (TPSA) is 212 Å². The molecule has 60 heavy (non-hydrogen) atoms. The van der Waals surface area contributed by atoms with Gasteiger partial charge in [-0.2, -0.15) is 5.10 Å². The minimum atomic E-state index is -1.96. The van der Waals surface area contributed by atoms with Gasteiger partial charge in [0.2, 0.25) is 0 Å². The number of nitrogens with one attached hydrogen (secondary N) is 2. The Bertz CT molecular complexity index is 2090. The number of carbonyl (C=O) groups is 3. The number of carbonyl (C=O) groups excluding carboxylic acids is 3. The maximum Gasteiger partial charge on any atom is 0.312 e. The number of ketones is 1. The van der Waals surface area contributed by atoms with E-state index in [2.05, 4.69) is 20.6 Å². The lowest BCUT2D eigenvalue weighted by Gasteiger charge is -2.38. The van der Waals surface area contributed by atoms with Crippen molar-refractivity contribution in [1.82, 2.24) is 9.91 Å². The Labute approximate surface area is 351 Å². The maximum absolute atomic E-state index is 14.6. The van der Waals surface area contributed by atoms with Gasteiger partial charge in [-0.05, 0) is 27.0 Å². The minimum absolute atomic E-state index is 0.0387. The van der Waals surface area contributed by atoms with Crippen molar-refractivity contribution in [2.45, 2.75) is 85.6 Å². The normalized spacial score (nSPS) is 31.7. The van der Waals surface area contributed by atoms with Gasteiger partial charge >= 0.3 is 11.8 Å². The highest BCUT2D eigenvalue weighted by molar-refractivity contribution is 6.25. The van der Waals surface area contributed by atoms with E-state index in [4.69, 9.17) is 18.9 Å². The molecule has 0 unspecified atom stereocenters. The van der Waals surface area contributed by atoms with Gasteiger partial charge in [-0.25, -0.2) is 0 Å². The molecular formula is C44H61N5O11. The summed E-state index contributed by atoms with van der Waals surface area (Å²) in [5.74, 6) is -6.96. The van der Waals surface area contributed by atoms with E-state index < -0.39 is 83.0 Å². The van der Waals surface area contributed by atoms with E-state index in [0.29, 0.717) is 24.3 Å². The number of methoxy groups -OCH3 is 1. The Morgan fingerprint density at radius 2 is 1.67 bits per heavy atom. The second-order valence-electron chi connectivity index (χ2n) is 16.4. The average molecular weight is 836 g/mol. The largest absolute Gasteiger partial charge is 0.507 e. The summed E-state index contributed by atoms with van der Waals surface area (Å²) in [4.78, 5) is 43.0. The van der Waals surface area contributed by atoms with Crippen molar-refractivity contribution < 1.29 is 53.8 Å². The number of fused-ring (bicyclic) bond motifs is 14. The van der Waals surface area contributed by atoms with Gasteiger partial charge in [-0.3, -0.25) is 19.4 Å². The van der Waals surface area contributed by atoms with Crippen LogP contribution in [0.15, 0.2) is 41.2 Å². The van der Waals surface area contributed by atoms with Gasteiger partial charge in [0, 0.05) is 94.4 Å². The molecule has 1 fully saturated rings. The number of esters is 1. The number of nitrogens with zero attached hydrogens (tertiary/aromatic N) is 3. The Balaban J connectivity index is 1.73. The highest BCUT2D eigenvalue weighted by Gasteiger charge is 2.50. The van der Waals surface area contributed by atoms with Crippen LogP contribution in [0.2, 0.25) is 0 Å². The van der Waals surface area contributed by atoms with Crippen molar-refractivity contribution in [3.8, 4) is 17.2 Å². The van der Waals surface area contributed by atoms with E-state index in [0.717, 1.165) is 13.1 Å². The number of benzene rings is 2. The van der Waals surface area contributed by atoms with Gasteiger partial charge in [-0.15, -0.1) is 0 Å². The smallest absolute Gasteiger partial charge is 0.312 e. The number of hydrogen-bond donors (Lipinski definition) is 6. The lowest BCUT2D eigenvalue weighted by atomic mass is 9.78. The summed E-state index contributed by atoms with van der Waals surface area (Å²) in [6, 6.07) is 0. The van der Waals surface area contributed by atoms with E-state index in [1.165, 1.54) is 33.4 Å². The van der Waals surface area contributed by atoms with E-state index in [1.807, 2.05) is 12.1 Å². The van der Waals surface area contributed by atoms with Crippen molar-refractivity contribution in [2.75, 3.05) is 58.0 Å².